The number of benzene rings is 3. The summed E-state index contributed by atoms with van der Waals surface area (Å²) in [5.41, 5.74) is 1.40. The molecule has 208 valence electrons. The van der Waals surface area contributed by atoms with Gasteiger partial charge < -0.3 is 14.2 Å². The highest BCUT2D eigenvalue weighted by Gasteiger charge is 2.21. The molecule has 1 aliphatic rings. The van der Waals surface area contributed by atoms with E-state index in [4.69, 9.17) is 14.2 Å². The molecular formula is C31H31F5O3. The Kier molecular flexibility index (Phi) is 9.62. The van der Waals surface area contributed by atoms with Gasteiger partial charge in [-0.3, -0.25) is 0 Å². The van der Waals surface area contributed by atoms with Crippen molar-refractivity contribution in [2.24, 2.45) is 0 Å². The summed E-state index contributed by atoms with van der Waals surface area (Å²) in [7, 11) is 0. The Labute approximate surface area is 225 Å². The fourth-order valence-electron chi connectivity index (χ4n) is 4.49. The Morgan fingerprint density at radius 2 is 1.51 bits per heavy atom. The molecule has 4 rings (SSSR count). The van der Waals surface area contributed by atoms with Gasteiger partial charge in [-0.1, -0.05) is 31.6 Å². The molecule has 0 saturated heterocycles. The number of hydrogen-bond donors (Lipinski definition) is 0. The zero-order chi connectivity index (χ0) is 27.9. The average Bonchev–Trinajstić information content (AvgIpc) is 2.94. The van der Waals surface area contributed by atoms with Crippen LogP contribution >= 0.6 is 0 Å². The first-order valence-corrected chi connectivity index (χ1v) is 13.1. The molecule has 0 amide bonds. The van der Waals surface area contributed by atoms with Gasteiger partial charge in [0.15, 0.2) is 23.1 Å². The van der Waals surface area contributed by atoms with Crippen molar-refractivity contribution in [1.82, 2.24) is 0 Å². The van der Waals surface area contributed by atoms with Crippen molar-refractivity contribution >= 4 is 5.57 Å². The van der Waals surface area contributed by atoms with E-state index in [1.807, 2.05) is 13.0 Å². The smallest absolute Gasteiger partial charge is 0.201 e. The molecule has 3 aromatic rings. The third-order valence-corrected chi connectivity index (χ3v) is 6.70. The standard InChI is InChI=1S/C31H31F5O3/c1-3-5-16-38-27-14-9-21(28(33)30(27)35)18-39-22-10-6-19(7-11-22)20-8-12-23(25(32)17-20)24-13-15-26(37-4-2)31(36)29(24)34/h6,8-9,12-15,17,22H,3-5,7,10-11,16,18H2,1-2H3. The molecule has 0 bridgehead atoms. The van der Waals surface area contributed by atoms with Crippen molar-refractivity contribution in [3.63, 3.8) is 0 Å². The van der Waals surface area contributed by atoms with Crippen LogP contribution in [0.25, 0.3) is 16.7 Å². The van der Waals surface area contributed by atoms with E-state index in [9.17, 15) is 22.0 Å². The molecule has 0 saturated carbocycles. The molecule has 1 atom stereocenters. The van der Waals surface area contributed by atoms with Gasteiger partial charge in [-0.05, 0) is 74.1 Å². The van der Waals surface area contributed by atoms with E-state index in [-0.39, 0.29) is 47.5 Å². The van der Waals surface area contributed by atoms with Gasteiger partial charge in [0.2, 0.25) is 11.6 Å². The lowest BCUT2D eigenvalue weighted by Gasteiger charge is -2.23. The molecule has 1 aliphatic carbocycles. The molecule has 39 heavy (non-hydrogen) atoms. The molecule has 8 heteroatoms. The number of unbranched alkanes of at least 4 members (excludes halogenated alkanes) is 1. The predicted molar refractivity (Wildman–Crippen MR) is 140 cm³/mol. The molecule has 0 aliphatic heterocycles. The highest BCUT2D eigenvalue weighted by atomic mass is 19.2. The Morgan fingerprint density at radius 1 is 0.795 bits per heavy atom. The third-order valence-electron chi connectivity index (χ3n) is 6.70. The zero-order valence-corrected chi connectivity index (χ0v) is 22.0. The highest BCUT2D eigenvalue weighted by molar-refractivity contribution is 5.72. The maximum Gasteiger partial charge on any atom is 0.201 e. The van der Waals surface area contributed by atoms with E-state index in [0.717, 1.165) is 18.4 Å². The van der Waals surface area contributed by atoms with E-state index in [0.29, 0.717) is 31.4 Å². The number of rotatable bonds is 11. The van der Waals surface area contributed by atoms with Crippen LogP contribution in [0.4, 0.5) is 22.0 Å². The van der Waals surface area contributed by atoms with Crippen molar-refractivity contribution in [1.29, 1.82) is 0 Å². The second-order valence-electron chi connectivity index (χ2n) is 9.36. The molecular weight excluding hydrogens is 515 g/mol. The Morgan fingerprint density at radius 3 is 2.21 bits per heavy atom. The van der Waals surface area contributed by atoms with E-state index >= 15 is 0 Å². The topological polar surface area (TPSA) is 27.7 Å². The summed E-state index contributed by atoms with van der Waals surface area (Å²) in [4.78, 5) is 0. The van der Waals surface area contributed by atoms with Crippen molar-refractivity contribution < 1.29 is 36.2 Å². The Hall–Kier alpha value is -3.39. The number of allylic oxidation sites excluding steroid dienone is 1. The number of hydrogen-bond acceptors (Lipinski definition) is 3. The van der Waals surface area contributed by atoms with Gasteiger partial charge in [0.25, 0.3) is 0 Å². The zero-order valence-electron chi connectivity index (χ0n) is 22.0. The fraction of sp³-hybridized carbons (Fsp3) is 0.355. The monoisotopic (exact) mass is 546 g/mol. The molecule has 0 radical (unpaired) electrons. The maximum absolute atomic E-state index is 15.0. The molecule has 0 fully saturated rings. The van der Waals surface area contributed by atoms with Crippen LogP contribution in [0.5, 0.6) is 11.5 Å². The largest absolute Gasteiger partial charge is 0.491 e. The minimum absolute atomic E-state index is 0.0492. The fourth-order valence-corrected chi connectivity index (χ4v) is 4.49. The van der Waals surface area contributed by atoms with Gasteiger partial charge in [-0.15, -0.1) is 0 Å². The van der Waals surface area contributed by atoms with Crippen LogP contribution < -0.4 is 9.47 Å². The lowest BCUT2D eigenvalue weighted by atomic mass is 9.90. The highest BCUT2D eigenvalue weighted by Crippen LogP contribution is 2.35. The molecule has 0 spiro atoms. The second kappa shape index (κ2) is 13.1. The number of halogens is 5. The van der Waals surface area contributed by atoms with Gasteiger partial charge in [0.1, 0.15) is 5.82 Å². The van der Waals surface area contributed by atoms with Gasteiger partial charge in [0, 0.05) is 16.7 Å². The SMILES string of the molecule is CCCCOc1ccc(COC2CC=C(c3ccc(-c4ccc(OCC)c(F)c4F)c(F)c3)CC2)c(F)c1F. The van der Waals surface area contributed by atoms with E-state index in [1.54, 1.807) is 13.0 Å². The van der Waals surface area contributed by atoms with Crippen LogP contribution in [0.2, 0.25) is 0 Å². The van der Waals surface area contributed by atoms with Crippen LogP contribution in [-0.2, 0) is 11.3 Å². The molecule has 3 aromatic carbocycles. The predicted octanol–water partition coefficient (Wildman–Crippen LogP) is 8.78. The van der Waals surface area contributed by atoms with Crippen molar-refractivity contribution in [3.05, 3.63) is 88.8 Å². The molecule has 0 N–H and O–H groups in total. The van der Waals surface area contributed by atoms with Crippen molar-refractivity contribution in [2.75, 3.05) is 13.2 Å². The van der Waals surface area contributed by atoms with Crippen LogP contribution in [0, 0.1) is 29.1 Å². The average molecular weight is 547 g/mol. The molecule has 0 heterocycles. The van der Waals surface area contributed by atoms with E-state index < -0.39 is 29.1 Å². The Balaban J connectivity index is 1.39. The number of ether oxygens (including phenoxy) is 3. The third kappa shape index (κ3) is 6.61. The minimum Gasteiger partial charge on any atom is -0.491 e. The van der Waals surface area contributed by atoms with Gasteiger partial charge >= 0.3 is 0 Å². The van der Waals surface area contributed by atoms with E-state index in [2.05, 4.69) is 0 Å². The van der Waals surface area contributed by atoms with Crippen LogP contribution in [0.3, 0.4) is 0 Å². The van der Waals surface area contributed by atoms with Crippen LogP contribution in [0.1, 0.15) is 57.1 Å². The lowest BCUT2D eigenvalue weighted by molar-refractivity contribution is 0.0341. The first-order valence-electron chi connectivity index (χ1n) is 13.1. The summed E-state index contributed by atoms with van der Waals surface area (Å²) < 4.78 is 88.8. The van der Waals surface area contributed by atoms with Crippen molar-refractivity contribution in [2.45, 2.75) is 58.7 Å². The maximum atomic E-state index is 15.0. The van der Waals surface area contributed by atoms with Crippen molar-refractivity contribution in [3.8, 4) is 22.6 Å². The normalized spacial score (nSPS) is 15.3. The van der Waals surface area contributed by atoms with Crippen LogP contribution in [-0.4, -0.2) is 19.3 Å². The Bertz CT molecular complexity index is 1340. The molecule has 0 aromatic heterocycles. The lowest BCUT2D eigenvalue weighted by Crippen LogP contribution is -2.16. The van der Waals surface area contributed by atoms with Gasteiger partial charge in [-0.25, -0.2) is 13.2 Å². The van der Waals surface area contributed by atoms with Gasteiger partial charge in [0.05, 0.1) is 25.9 Å². The molecule has 3 nitrogen and oxygen atoms in total. The minimum atomic E-state index is -1.17. The van der Waals surface area contributed by atoms with E-state index in [1.165, 1.54) is 36.4 Å². The summed E-state index contributed by atoms with van der Waals surface area (Å²) in [5, 5.41) is 0. The first-order chi connectivity index (χ1) is 18.8. The molecule has 1 unspecified atom stereocenters. The second-order valence-corrected chi connectivity index (χ2v) is 9.36. The summed E-state index contributed by atoms with van der Waals surface area (Å²) >= 11 is 0. The first kappa shape index (κ1) is 28.6. The summed E-state index contributed by atoms with van der Waals surface area (Å²) in [6, 6.07) is 9.86. The summed E-state index contributed by atoms with van der Waals surface area (Å²) in [6.45, 7) is 4.05. The summed E-state index contributed by atoms with van der Waals surface area (Å²) in [6.07, 6.45) is 5.05. The van der Waals surface area contributed by atoms with Crippen LogP contribution in [0.15, 0.2) is 48.5 Å². The van der Waals surface area contributed by atoms with Gasteiger partial charge in [-0.2, -0.15) is 8.78 Å². The summed E-state index contributed by atoms with van der Waals surface area (Å²) in [5.74, 6) is -5.32. The quantitative estimate of drug-likeness (QED) is 0.178.